The number of benzene rings is 2. The number of ether oxygens (including phenoxy) is 1. The van der Waals surface area contributed by atoms with Crippen LogP contribution >= 0.6 is 0 Å². The summed E-state index contributed by atoms with van der Waals surface area (Å²) in [5.41, 5.74) is 4.16. The Labute approximate surface area is 188 Å². The van der Waals surface area contributed by atoms with Crippen LogP contribution in [-0.4, -0.2) is 44.7 Å². The van der Waals surface area contributed by atoms with Crippen molar-refractivity contribution in [2.24, 2.45) is 0 Å². The number of methoxy groups -OCH3 is 1. The summed E-state index contributed by atoms with van der Waals surface area (Å²) in [6.45, 7) is 6.91. The molecule has 1 aromatic heterocycles. The molecule has 0 bridgehead atoms. The number of rotatable bonds is 7. The van der Waals surface area contributed by atoms with E-state index in [0.717, 1.165) is 68.8 Å². The van der Waals surface area contributed by atoms with Gasteiger partial charge >= 0.3 is 0 Å². The van der Waals surface area contributed by atoms with E-state index in [1.807, 2.05) is 31.2 Å². The van der Waals surface area contributed by atoms with Crippen LogP contribution in [0.5, 0.6) is 5.75 Å². The first-order valence-corrected chi connectivity index (χ1v) is 11.2. The molecule has 1 fully saturated rings. The van der Waals surface area contributed by atoms with Crippen molar-refractivity contribution >= 4 is 16.7 Å². The Kier molecular flexibility index (Phi) is 6.77. The van der Waals surface area contributed by atoms with Crippen molar-refractivity contribution < 1.29 is 9.15 Å². The van der Waals surface area contributed by atoms with E-state index in [9.17, 15) is 4.79 Å². The number of anilines is 1. The van der Waals surface area contributed by atoms with E-state index < -0.39 is 0 Å². The maximum atomic E-state index is 12.9. The maximum absolute atomic E-state index is 12.9. The Morgan fingerprint density at radius 1 is 1.12 bits per heavy atom. The second kappa shape index (κ2) is 9.88. The number of hydrogen-bond donors (Lipinski definition) is 0. The summed E-state index contributed by atoms with van der Waals surface area (Å²) in [6.07, 6.45) is 4.32. The standard InChI is InChI=1S/C26H29N3O3/c1-19-14-25-23(16-24(19)31-2)26(30)21(18-32-25)7-3-4-9-28-10-12-29(13-11-28)22-8-5-6-20(15-22)17-27/h5-6,8,14-16,18H,3-4,7,9-13H2,1-2H3. The predicted octanol–water partition coefficient (Wildman–Crippen LogP) is 4.13. The molecule has 6 heteroatoms. The summed E-state index contributed by atoms with van der Waals surface area (Å²) in [5, 5.41) is 9.69. The fraction of sp³-hybridized carbons (Fsp3) is 0.385. The molecule has 0 unspecified atom stereocenters. The zero-order valence-electron chi connectivity index (χ0n) is 18.8. The fourth-order valence-electron chi connectivity index (χ4n) is 4.34. The van der Waals surface area contributed by atoms with Crippen molar-refractivity contribution in [3.63, 3.8) is 0 Å². The summed E-state index contributed by atoms with van der Waals surface area (Å²) < 4.78 is 11.1. The van der Waals surface area contributed by atoms with Crippen molar-refractivity contribution in [1.29, 1.82) is 5.26 Å². The molecule has 3 aromatic rings. The van der Waals surface area contributed by atoms with Gasteiger partial charge in [-0.3, -0.25) is 9.69 Å². The van der Waals surface area contributed by atoms with Gasteiger partial charge in [0.1, 0.15) is 11.3 Å². The highest BCUT2D eigenvalue weighted by atomic mass is 16.5. The minimum absolute atomic E-state index is 0.0396. The van der Waals surface area contributed by atoms with Crippen LogP contribution < -0.4 is 15.1 Å². The summed E-state index contributed by atoms with van der Waals surface area (Å²) in [4.78, 5) is 17.7. The van der Waals surface area contributed by atoms with Gasteiger partial charge in [0.15, 0.2) is 5.43 Å². The number of nitriles is 1. The number of nitrogens with zero attached hydrogens (tertiary/aromatic N) is 3. The molecule has 1 aliphatic rings. The second-order valence-corrected chi connectivity index (χ2v) is 8.36. The van der Waals surface area contributed by atoms with Gasteiger partial charge < -0.3 is 14.1 Å². The van der Waals surface area contributed by atoms with Gasteiger partial charge in [0.05, 0.1) is 30.4 Å². The van der Waals surface area contributed by atoms with Crippen LogP contribution in [0.25, 0.3) is 11.0 Å². The smallest absolute Gasteiger partial charge is 0.195 e. The van der Waals surface area contributed by atoms with Crippen molar-refractivity contribution in [3.8, 4) is 11.8 Å². The lowest BCUT2D eigenvalue weighted by atomic mass is 10.1. The molecule has 4 rings (SSSR count). The van der Waals surface area contributed by atoms with Crippen LogP contribution in [-0.2, 0) is 6.42 Å². The minimum Gasteiger partial charge on any atom is -0.496 e. The lowest BCUT2D eigenvalue weighted by Crippen LogP contribution is -2.46. The molecule has 0 N–H and O–H groups in total. The molecule has 166 valence electrons. The van der Waals surface area contributed by atoms with E-state index in [4.69, 9.17) is 14.4 Å². The summed E-state index contributed by atoms with van der Waals surface area (Å²) in [7, 11) is 1.61. The normalized spacial score (nSPS) is 14.5. The molecule has 1 aliphatic heterocycles. The third-order valence-corrected chi connectivity index (χ3v) is 6.24. The molecule has 32 heavy (non-hydrogen) atoms. The van der Waals surface area contributed by atoms with Gasteiger partial charge in [-0.1, -0.05) is 6.07 Å². The van der Waals surface area contributed by atoms with Crippen LogP contribution in [0.1, 0.15) is 29.5 Å². The summed E-state index contributed by atoms with van der Waals surface area (Å²) >= 11 is 0. The molecular formula is C26H29N3O3. The second-order valence-electron chi connectivity index (χ2n) is 8.36. The first kappa shape index (κ1) is 21.9. The molecule has 2 aromatic carbocycles. The average molecular weight is 432 g/mol. The first-order chi connectivity index (χ1) is 15.6. The van der Waals surface area contributed by atoms with E-state index in [0.29, 0.717) is 22.3 Å². The maximum Gasteiger partial charge on any atom is 0.195 e. The zero-order valence-corrected chi connectivity index (χ0v) is 18.8. The molecule has 0 spiro atoms. The predicted molar refractivity (Wildman–Crippen MR) is 127 cm³/mol. The number of unbranched alkanes of at least 4 members (excludes halogenated alkanes) is 1. The lowest BCUT2D eigenvalue weighted by molar-refractivity contribution is 0.253. The first-order valence-electron chi connectivity index (χ1n) is 11.2. The highest BCUT2D eigenvalue weighted by Gasteiger charge is 2.17. The Morgan fingerprint density at radius 3 is 2.69 bits per heavy atom. The van der Waals surface area contributed by atoms with Crippen LogP contribution in [0.3, 0.4) is 0 Å². The summed E-state index contributed by atoms with van der Waals surface area (Å²) in [5.74, 6) is 0.709. The van der Waals surface area contributed by atoms with Gasteiger partial charge in [-0.05, 0) is 68.6 Å². The van der Waals surface area contributed by atoms with Crippen LogP contribution in [0.2, 0.25) is 0 Å². The van der Waals surface area contributed by atoms with Crippen molar-refractivity contribution in [2.75, 3.05) is 44.7 Å². The van der Waals surface area contributed by atoms with E-state index in [2.05, 4.69) is 21.9 Å². The van der Waals surface area contributed by atoms with E-state index >= 15 is 0 Å². The van der Waals surface area contributed by atoms with Gasteiger partial charge in [0.2, 0.25) is 0 Å². The fourth-order valence-corrected chi connectivity index (χ4v) is 4.34. The van der Waals surface area contributed by atoms with Crippen LogP contribution in [0, 0.1) is 18.3 Å². The van der Waals surface area contributed by atoms with E-state index in [1.165, 1.54) is 0 Å². The number of piperazine rings is 1. The molecule has 0 atom stereocenters. The molecule has 6 nitrogen and oxygen atoms in total. The van der Waals surface area contributed by atoms with Crippen molar-refractivity contribution in [3.05, 3.63) is 69.6 Å². The largest absolute Gasteiger partial charge is 0.496 e. The SMILES string of the molecule is COc1cc2c(=O)c(CCCCN3CCN(c4cccc(C#N)c4)CC3)coc2cc1C. The van der Waals surface area contributed by atoms with Crippen LogP contribution in [0.4, 0.5) is 5.69 Å². The Hall–Kier alpha value is -3.30. The lowest BCUT2D eigenvalue weighted by Gasteiger charge is -2.36. The van der Waals surface area contributed by atoms with E-state index in [1.54, 1.807) is 19.4 Å². The third kappa shape index (κ3) is 4.79. The average Bonchev–Trinajstić information content (AvgIpc) is 2.83. The monoisotopic (exact) mass is 431 g/mol. The van der Waals surface area contributed by atoms with Crippen molar-refractivity contribution in [2.45, 2.75) is 26.2 Å². The molecule has 0 amide bonds. The van der Waals surface area contributed by atoms with Crippen molar-refractivity contribution in [1.82, 2.24) is 4.90 Å². The Balaban J connectivity index is 1.27. The molecule has 0 radical (unpaired) electrons. The quantitative estimate of drug-likeness (QED) is 0.524. The molecular weight excluding hydrogens is 402 g/mol. The van der Waals surface area contributed by atoms with Crippen LogP contribution in [0.15, 0.2) is 51.9 Å². The van der Waals surface area contributed by atoms with E-state index in [-0.39, 0.29) is 5.43 Å². The third-order valence-electron chi connectivity index (χ3n) is 6.24. The molecule has 1 saturated heterocycles. The van der Waals surface area contributed by atoms with Gasteiger partial charge in [-0.2, -0.15) is 5.26 Å². The number of aryl methyl sites for hydroxylation is 2. The topological polar surface area (TPSA) is 69.7 Å². The Bertz CT molecular complexity index is 1190. The van der Waals surface area contributed by atoms with Gasteiger partial charge in [-0.15, -0.1) is 0 Å². The Morgan fingerprint density at radius 2 is 1.94 bits per heavy atom. The number of fused-ring (bicyclic) bond motifs is 1. The summed E-state index contributed by atoms with van der Waals surface area (Å²) in [6, 6.07) is 13.7. The van der Waals surface area contributed by atoms with Gasteiger partial charge in [-0.25, -0.2) is 0 Å². The highest BCUT2D eigenvalue weighted by Crippen LogP contribution is 2.24. The number of hydrogen-bond acceptors (Lipinski definition) is 6. The van der Waals surface area contributed by atoms with Gasteiger partial charge in [0.25, 0.3) is 0 Å². The van der Waals surface area contributed by atoms with Gasteiger partial charge in [0, 0.05) is 37.4 Å². The molecule has 0 aliphatic carbocycles. The molecule has 0 saturated carbocycles. The highest BCUT2D eigenvalue weighted by molar-refractivity contribution is 5.79. The zero-order chi connectivity index (χ0) is 22.5. The minimum atomic E-state index is 0.0396. The molecule has 2 heterocycles.